The highest BCUT2D eigenvalue weighted by Crippen LogP contribution is 2.19. The van der Waals surface area contributed by atoms with Gasteiger partial charge in [0.25, 0.3) is 0 Å². The Hall–Kier alpha value is -0.960. The number of hydrogen-bond acceptors (Lipinski definition) is 2. The number of hydrogen-bond donors (Lipinski definition) is 1. The summed E-state index contributed by atoms with van der Waals surface area (Å²) in [5, 5.41) is 9.45. The quantitative estimate of drug-likeness (QED) is 0.830. The zero-order valence-electron chi connectivity index (χ0n) is 8.36. The Kier molecular flexibility index (Phi) is 4.01. The van der Waals surface area contributed by atoms with Gasteiger partial charge in [-0.05, 0) is 16.9 Å². The molecular weight excluding hydrogens is 196 g/mol. The normalized spacial score (nSPS) is 10.5. The van der Waals surface area contributed by atoms with Crippen LogP contribution in [-0.2, 0) is 5.75 Å². The van der Waals surface area contributed by atoms with Crippen LogP contribution in [-0.4, -0.2) is 16.3 Å². The molecule has 0 fully saturated rings. The number of carboxylic acids is 1. The van der Waals surface area contributed by atoms with Crippen molar-refractivity contribution in [3.05, 3.63) is 35.4 Å². The van der Waals surface area contributed by atoms with E-state index < -0.39 is 5.97 Å². The van der Waals surface area contributed by atoms with Crippen molar-refractivity contribution in [2.45, 2.75) is 24.9 Å². The zero-order valence-corrected chi connectivity index (χ0v) is 9.17. The summed E-state index contributed by atoms with van der Waals surface area (Å²) in [5.41, 5.74) is 1.32. The van der Waals surface area contributed by atoms with Gasteiger partial charge in [0.1, 0.15) is 0 Å². The molecule has 1 aromatic carbocycles. The van der Waals surface area contributed by atoms with Crippen molar-refractivity contribution >= 4 is 17.7 Å². The van der Waals surface area contributed by atoms with Crippen molar-refractivity contribution in [1.29, 1.82) is 0 Å². The van der Waals surface area contributed by atoms with Crippen molar-refractivity contribution in [2.24, 2.45) is 0 Å². The average Bonchev–Trinajstić information content (AvgIpc) is 2.15. The van der Waals surface area contributed by atoms with Gasteiger partial charge in [-0.25, -0.2) is 4.79 Å². The number of benzene rings is 1. The Morgan fingerprint density at radius 1 is 1.43 bits per heavy atom. The first-order chi connectivity index (χ1) is 6.61. The molecule has 0 atom stereocenters. The average molecular weight is 210 g/mol. The summed E-state index contributed by atoms with van der Waals surface area (Å²) in [6.07, 6.45) is 0. The third-order valence-electron chi connectivity index (χ3n) is 1.82. The highest BCUT2D eigenvalue weighted by Gasteiger charge is 2.08. The van der Waals surface area contributed by atoms with E-state index in [1.807, 2.05) is 12.1 Å². The minimum Gasteiger partial charge on any atom is -0.478 e. The van der Waals surface area contributed by atoms with Crippen molar-refractivity contribution in [2.75, 3.05) is 0 Å². The Labute approximate surface area is 88.3 Å². The van der Waals surface area contributed by atoms with Crippen LogP contribution in [0.2, 0.25) is 0 Å². The lowest BCUT2D eigenvalue weighted by molar-refractivity contribution is 0.0696. The highest BCUT2D eigenvalue weighted by atomic mass is 32.2. The van der Waals surface area contributed by atoms with Crippen molar-refractivity contribution < 1.29 is 9.90 Å². The van der Waals surface area contributed by atoms with E-state index in [1.165, 1.54) is 0 Å². The third-order valence-corrected chi connectivity index (χ3v) is 2.96. The fourth-order valence-electron chi connectivity index (χ4n) is 1.11. The molecule has 0 spiro atoms. The fraction of sp³-hybridized carbons (Fsp3) is 0.364. The SMILES string of the molecule is CC(C)SCc1ccccc1C(=O)O. The number of rotatable bonds is 4. The van der Waals surface area contributed by atoms with Gasteiger partial charge in [-0.2, -0.15) is 11.8 Å². The Balaban J connectivity index is 2.79. The van der Waals surface area contributed by atoms with Gasteiger partial charge < -0.3 is 5.11 Å². The van der Waals surface area contributed by atoms with E-state index in [0.29, 0.717) is 10.8 Å². The number of carbonyl (C=O) groups is 1. The first-order valence-electron chi connectivity index (χ1n) is 4.54. The summed E-state index contributed by atoms with van der Waals surface area (Å²) >= 11 is 1.75. The molecule has 1 aromatic rings. The first-order valence-corrected chi connectivity index (χ1v) is 5.59. The standard InChI is InChI=1S/C11H14O2S/c1-8(2)14-7-9-5-3-4-6-10(9)11(12)13/h3-6,8H,7H2,1-2H3,(H,12,13). The summed E-state index contributed by atoms with van der Waals surface area (Å²) in [4.78, 5) is 10.9. The molecule has 0 saturated heterocycles. The second kappa shape index (κ2) is 5.05. The topological polar surface area (TPSA) is 37.3 Å². The van der Waals surface area contributed by atoms with Gasteiger partial charge in [-0.15, -0.1) is 0 Å². The summed E-state index contributed by atoms with van der Waals surface area (Å²) < 4.78 is 0. The molecule has 0 radical (unpaired) electrons. The van der Waals surface area contributed by atoms with Gasteiger partial charge >= 0.3 is 5.97 Å². The van der Waals surface area contributed by atoms with Crippen molar-refractivity contribution in [1.82, 2.24) is 0 Å². The van der Waals surface area contributed by atoms with E-state index in [-0.39, 0.29) is 0 Å². The molecule has 0 saturated carbocycles. The summed E-state index contributed by atoms with van der Waals surface area (Å²) in [6.45, 7) is 4.21. The minimum absolute atomic E-state index is 0.417. The summed E-state index contributed by atoms with van der Waals surface area (Å²) in [5.74, 6) is -0.0786. The van der Waals surface area contributed by atoms with E-state index >= 15 is 0 Å². The Morgan fingerprint density at radius 2 is 2.07 bits per heavy atom. The van der Waals surface area contributed by atoms with Gasteiger partial charge in [0.05, 0.1) is 5.56 Å². The van der Waals surface area contributed by atoms with Crippen LogP contribution in [0.4, 0.5) is 0 Å². The molecule has 3 heteroatoms. The lowest BCUT2D eigenvalue weighted by atomic mass is 10.1. The molecule has 0 heterocycles. The van der Waals surface area contributed by atoms with Crippen LogP contribution in [0.1, 0.15) is 29.8 Å². The first kappa shape index (κ1) is 11.1. The highest BCUT2D eigenvalue weighted by molar-refractivity contribution is 7.99. The lowest BCUT2D eigenvalue weighted by Crippen LogP contribution is -2.01. The van der Waals surface area contributed by atoms with Crippen LogP contribution < -0.4 is 0 Å². The number of carboxylic acid groups (broad SMARTS) is 1. The predicted molar refractivity (Wildman–Crippen MR) is 59.8 cm³/mol. The van der Waals surface area contributed by atoms with E-state index in [4.69, 9.17) is 5.11 Å². The van der Waals surface area contributed by atoms with Gasteiger partial charge in [-0.1, -0.05) is 32.0 Å². The third kappa shape index (κ3) is 3.07. The number of thioether (sulfide) groups is 1. The van der Waals surface area contributed by atoms with Gasteiger partial charge in [0.2, 0.25) is 0 Å². The Morgan fingerprint density at radius 3 is 2.64 bits per heavy atom. The van der Waals surface area contributed by atoms with Crippen LogP contribution in [0.25, 0.3) is 0 Å². The van der Waals surface area contributed by atoms with Gasteiger partial charge in [-0.3, -0.25) is 0 Å². The van der Waals surface area contributed by atoms with Gasteiger partial charge in [0, 0.05) is 5.75 Å². The van der Waals surface area contributed by atoms with Gasteiger partial charge in [0.15, 0.2) is 0 Å². The van der Waals surface area contributed by atoms with Crippen LogP contribution in [0, 0.1) is 0 Å². The van der Waals surface area contributed by atoms with Crippen LogP contribution in [0.15, 0.2) is 24.3 Å². The molecule has 1 rings (SSSR count). The van der Waals surface area contributed by atoms with E-state index in [0.717, 1.165) is 11.3 Å². The molecule has 0 unspecified atom stereocenters. The van der Waals surface area contributed by atoms with Crippen LogP contribution >= 0.6 is 11.8 Å². The second-order valence-corrected chi connectivity index (χ2v) is 4.89. The zero-order chi connectivity index (χ0) is 10.6. The molecule has 1 N–H and O–H groups in total. The monoisotopic (exact) mass is 210 g/mol. The van der Waals surface area contributed by atoms with E-state index in [1.54, 1.807) is 23.9 Å². The molecule has 0 bridgehead atoms. The van der Waals surface area contributed by atoms with E-state index in [2.05, 4.69) is 13.8 Å². The smallest absolute Gasteiger partial charge is 0.335 e. The van der Waals surface area contributed by atoms with Crippen LogP contribution in [0.5, 0.6) is 0 Å². The molecule has 0 aliphatic rings. The molecular formula is C11H14O2S. The summed E-state index contributed by atoms with van der Waals surface area (Å²) in [6, 6.07) is 7.16. The maximum Gasteiger partial charge on any atom is 0.335 e. The minimum atomic E-state index is -0.843. The van der Waals surface area contributed by atoms with E-state index in [9.17, 15) is 4.79 Å². The molecule has 0 aliphatic carbocycles. The lowest BCUT2D eigenvalue weighted by Gasteiger charge is -2.07. The molecule has 76 valence electrons. The molecule has 0 aliphatic heterocycles. The molecule has 0 amide bonds. The summed E-state index contributed by atoms with van der Waals surface area (Å²) in [7, 11) is 0. The largest absolute Gasteiger partial charge is 0.478 e. The van der Waals surface area contributed by atoms with Crippen molar-refractivity contribution in [3.8, 4) is 0 Å². The van der Waals surface area contributed by atoms with Crippen LogP contribution in [0.3, 0.4) is 0 Å². The van der Waals surface area contributed by atoms with Crippen molar-refractivity contribution in [3.63, 3.8) is 0 Å². The molecule has 0 aromatic heterocycles. The Bertz CT molecular complexity index is 321. The predicted octanol–water partition coefficient (Wildman–Crippen LogP) is 3.03. The maximum absolute atomic E-state index is 10.9. The fourth-order valence-corrected chi connectivity index (χ4v) is 1.88. The molecule has 2 nitrogen and oxygen atoms in total. The number of aromatic carboxylic acids is 1. The maximum atomic E-state index is 10.9. The second-order valence-electron chi connectivity index (χ2n) is 3.32. The molecule has 14 heavy (non-hydrogen) atoms.